The minimum atomic E-state index is 0.740. The summed E-state index contributed by atoms with van der Waals surface area (Å²) < 4.78 is 0. The molecule has 1 atom stereocenters. The van der Waals surface area contributed by atoms with E-state index in [1.165, 1.54) is 62.9 Å². The molecule has 19 heavy (non-hydrogen) atoms. The molecular weight excluding hydrogens is 250 g/mol. The molecule has 0 aliphatic heterocycles. The Balaban J connectivity index is 3.47. The number of hydrogen-bond acceptors (Lipinski definition) is 2. The van der Waals surface area contributed by atoms with Gasteiger partial charge in [-0.1, -0.05) is 72.6 Å². The van der Waals surface area contributed by atoms with Gasteiger partial charge in [-0.15, -0.1) is 0 Å². The van der Waals surface area contributed by atoms with Crippen LogP contribution in [0.15, 0.2) is 0 Å². The van der Waals surface area contributed by atoms with Gasteiger partial charge in [0.05, 0.1) is 0 Å². The fourth-order valence-electron chi connectivity index (χ4n) is 2.33. The van der Waals surface area contributed by atoms with E-state index in [9.17, 15) is 0 Å². The van der Waals surface area contributed by atoms with E-state index in [-0.39, 0.29) is 0 Å². The molecule has 0 aliphatic carbocycles. The minimum absolute atomic E-state index is 0.740. The molecule has 0 saturated carbocycles. The van der Waals surface area contributed by atoms with Crippen molar-refractivity contribution in [1.29, 1.82) is 0 Å². The van der Waals surface area contributed by atoms with E-state index in [0.717, 1.165) is 18.5 Å². The first-order valence-electron chi connectivity index (χ1n) is 8.51. The minimum Gasteiger partial charge on any atom is -0.313 e. The third kappa shape index (κ3) is 14.5. The summed E-state index contributed by atoms with van der Waals surface area (Å²) in [6.45, 7) is 10.3. The first-order valence-corrected chi connectivity index (χ1v) is 9.67. The Kier molecular flexibility index (Phi) is 15.0. The number of rotatable bonds is 14. The van der Waals surface area contributed by atoms with Crippen LogP contribution in [-0.2, 0) is 0 Å². The second-order valence-corrected chi connectivity index (χ2v) is 7.17. The van der Waals surface area contributed by atoms with Gasteiger partial charge in [0, 0.05) is 11.8 Å². The second kappa shape index (κ2) is 14.7. The van der Waals surface area contributed by atoms with E-state index >= 15 is 0 Å². The van der Waals surface area contributed by atoms with Crippen LogP contribution in [0.4, 0.5) is 0 Å². The van der Waals surface area contributed by atoms with E-state index in [1.54, 1.807) is 0 Å². The Bertz CT molecular complexity index is 171. The molecule has 1 N–H and O–H groups in total. The van der Waals surface area contributed by atoms with Crippen molar-refractivity contribution < 1.29 is 0 Å². The molecule has 116 valence electrons. The summed E-state index contributed by atoms with van der Waals surface area (Å²) in [4.78, 5) is 0. The quantitative estimate of drug-likeness (QED) is 0.424. The molecular formula is C17H37NS. The molecule has 0 bridgehead atoms. The highest BCUT2D eigenvalue weighted by atomic mass is 32.2. The predicted octanol–water partition coefficient (Wildman–Crippen LogP) is 5.49. The van der Waals surface area contributed by atoms with Gasteiger partial charge >= 0.3 is 0 Å². The fraction of sp³-hybridized carbons (Fsp3) is 1.00. The van der Waals surface area contributed by atoms with Gasteiger partial charge in [-0.05, 0) is 24.6 Å². The number of thioether (sulfide) groups is 1. The largest absolute Gasteiger partial charge is 0.313 e. The normalized spacial score (nSPS) is 13.1. The van der Waals surface area contributed by atoms with Gasteiger partial charge in [0.15, 0.2) is 0 Å². The van der Waals surface area contributed by atoms with Crippen molar-refractivity contribution in [3.63, 3.8) is 0 Å². The van der Waals surface area contributed by atoms with E-state index in [0.29, 0.717) is 0 Å². The van der Waals surface area contributed by atoms with Gasteiger partial charge in [0.1, 0.15) is 0 Å². The van der Waals surface area contributed by atoms with Crippen LogP contribution in [0, 0.1) is 5.92 Å². The summed E-state index contributed by atoms with van der Waals surface area (Å²) in [7, 11) is 0. The molecule has 1 nitrogen and oxygen atoms in total. The van der Waals surface area contributed by atoms with Crippen molar-refractivity contribution in [3.05, 3.63) is 0 Å². The highest BCUT2D eigenvalue weighted by molar-refractivity contribution is 7.99. The average molecular weight is 288 g/mol. The number of hydrogen-bond donors (Lipinski definition) is 1. The maximum Gasteiger partial charge on any atom is 0.0158 e. The zero-order valence-electron chi connectivity index (χ0n) is 13.8. The topological polar surface area (TPSA) is 12.0 Å². The van der Waals surface area contributed by atoms with Crippen molar-refractivity contribution in [2.45, 2.75) is 85.1 Å². The Hall–Kier alpha value is 0.310. The smallest absolute Gasteiger partial charge is 0.0158 e. The van der Waals surface area contributed by atoms with Crippen LogP contribution in [-0.4, -0.2) is 24.1 Å². The fourth-order valence-corrected chi connectivity index (χ4v) is 3.50. The lowest BCUT2D eigenvalue weighted by atomic mass is 10.1. The third-order valence-electron chi connectivity index (χ3n) is 3.42. The Labute approximate surface area is 126 Å². The molecule has 0 aromatic carbocycles. The summed E-state index contributed by atoms with van der Waals surface area (Å²) >= 11 is 2.12. The molecule has 0 heterocycles. The molecule has 0 radical (unpaired) electrons. The monoisotopic (exact) mass is 287 g/mol. The highest BCUT2D eigenvalue weighted by Crippen LogP contribution is 2.14. The van der Waals surface area contributed by atoms with Crippen LogP contribution in [0.2, 0.25) is 0 Å². The molecule has 0 saturated heterocycles. The van der Waals surface area contributed by atoms with Crippen LogP contribution in [0.5, 0.6) is 0 Å². The molecule has 2 heteroatoms. The maximum atomic E-state index is 3.65. The molecule has 0 aromatic rings. The number of unbranched alkanes of at least 4 members (excludes halogenated alkanes) is 6. The summed E-state index contributed by atoms with van der Waals surface area (Å²) in [5.74, 6) is 3.42. The van der Waals surface area contributed by atoms with E-state index in [2.05, 4.69) is 44.8 Å². The Morgan fingerprint density at radius 2 is 1.47 bits per heavy atom. The van der Waals surface area contributed by atoms with Gasteiger partial charge in [0.25, 0.3) is 0 Å². The van der Waals surface area contributed by atoms with E-state index in [1.807, 2.05) is 0 Å². The van der Waals surface area contributed by atoms with Crippen LogP contribution in [0.1, 0.15) is 79.1 Å². The molecule has 0 aliphatic rings. The summed E-state index contributed by atoms with van der Waals surface area (Å²) in [5.41, 5.74) is 0. The van der Waals surface area contributed by atoms with Crippen molar-refractivity contribution in [2.75, 3.05) is 18.1 Å². The van der Waals surface area contributed by atoms with Crippen molar-refractivity contribution >= 4 is 11.8 Å². The SMILES string of the molecule is CCCCCCCCCC(CSCC(C)C)NCC. The molecule has 0 amide bonds. The maximum absolute atomic E-state index is 3.65. The standard InChI is InChI=1S/C17H37NS/c1-5-7-8-9-10-11-12-13-17(18-6-2)15-19-14-16(3)4/h16-18H,5-15H2,1-4H3. The third-order valence-corrected chi connectivity index (χ3v) is 4.96. The van der Waals surface area contributed by atoms with Crippen molar-refractivity contribution in [2.24, 2.45) is 5.92 Å². The van der Waals surface area contributed by atoms with Gasteiger partial charge in [-0.3, -0.25) is 0 Å². The van der Waals surface area contributed by atoms with Gasteiger partial charge < -0.3 is 5.32 Å². The highest BCUT2D eigenvalue weighted by Gasteiger charge is 2.07. The lowest BCUT2D eigenvalue weighted by Gasteiger charge is -2.18. The van der Waals surface area contributed by atoms with Crippen LogP contribution in [0.25, 0.3) is 0 Å². The summed E-state index contributed by atoms with van der Waals surface area (Å²) in [6, 6.07) is 0.740. The van der Waals surface area contributed by atoms with Crippen LogP contribution < -0.4 is 5.32 Å². The summed E-state index contributed by atoms with van der Waals surface area (Å²) in [5, 5.41) is 3.65. The number of nitrogens with one attached hydrogen (secondary N) is 1. The summed E-state index contributed by atoms with van der Waals surface area (Å²) in [6.07, 6.45) is 11.3. The lowest BCUT2D eigenvalue weighted by Crippen LogP contribution is -2.31. The molecule has 0 aromatic heterocycles. The van der Waals surface area contributed by atoms with Crippen molar-refractivity contribution in [3.8, 4) is 0 Å². The molecule has 1 unspecified atom stereocenters. The zero-order valence-corrected chi connectivity index (χ0v) is 14.7. The first-order chi connectivity index (χ1) is 9.20. The van der Waals surface area contributed by atoms with E-state index in [4.69, 9.17) is 0 Å². The lowest BCUT2D eigenvalue weighted by molar-refractivity contribution is 0.492. The molecule has 0 rings (SSSR count). The van der Waals surface area contributed by atoms with Gasteiger partial charge in [-0.2, -0.15) is 11.8 Å². The Morgan fingerprint density at radius 3 is 2.05 bits per heavy atom. The second-order valence-electron chi connectivity index (χ2n) is 6.10. The Morgan fingerprint density at radius 1 is 0.842 bits per heavy atom. The van der Waals surface area contributed by atoms with E-state index < -0.39 is 0 Å². The first kappa shape index (κ1) is 19.3. The zero-order chi connectivity index (χ0) is 14.3. The van der Waals surface area contributed by atoms with Crippen LogP contribution in [0.3, 0.4) is 0 Å². The molecule has 0 fully saturated rings. The van der Waals surface area contributed by atoms with Crippen molar-refractivity contribution in [1.82, 2.24) is 5.32 Å². The van der Waals surface area contributed by atoms with Crippen LogP contribution >= 0.6 is 11.8 Å². The van der Waals surface area contributed by atoms with Gasteiger partial charge in [0.2, 0.25) is 0 Å². The molecule has 0 spiro atoms. The average Bonchev–Trinajstić information content (AvgIpc) is 2.37. The van der Waals surface area contributed by atoms with Gasteiger partial charge in [-0.25, -0.2) is 0 Å². The predicted molar refractivity (Wildman–Crippen MR) is 92.2 cm³/mol.